The highest BCUT2D eigenvalue weighted by atomic mass is 16.1. The fraction of sp³-hybridized carbons (Fsp3) is 0.421. The lowest BCUT2D eigenvalue weighted by Gasteiger charge is -2.37. The van der Waals surface area contributed by atoms with Gasteiger partial charge in [-0.05, 0) is 57.0 Å². The third-order valence-corrected chi connectivity index (χ3v) is 4.78. The van der Waals surface area contributed by atoms with Crippen LogP contribution >= 0.6 is 0 Å². The molecule has 126 valence electrons. The topological polar surface area (TPSA) is 80.9 Å². The molecule has 1 fully saturated rings. The molecule has 3 N–H and O–H groups in total. The first-order chi connectivity index (χ1) is 11.5. The van der Waals surface area contributed by atoms with Crippen LogP contribution in [0.25, 0.3) is 11.4 Å². The van der Waals surface area contributed by atoms with Crippen molar-refractivity contribution in [3.63, 3.8) is 0 Å². The SMILES string of the molecule is Cc1ccnc(-c2ccc(NC(=O)C3CCCCC3(C)N)cc2)n1. The Balaban J connectivity index is 1.71. The molecule has 5 heteroatoms. The van der Waals surface area contributed by atoms with Crippen LogP contribution in [0.2, 0.25) is 0 Å². The summed E-state index contributed by atoms with van der Waals surface area (Å²) in [6.07, 6.45) is 5.66. The van der Waals surface area contributed by atoms with Crippen molar-refractivity contribution < 1.29 is 4.79 Å². The highest BCUT2D eigenvalue weighted by Gasteiger charge is 2.37. The zero-order valence-corrected chi connectivity index (χ0v) is 14.2. The first kappa shape index (κ1) is 16.6. The maximum atomic E-state index is 12.6. The van der Waals surface area contributed by atoms with E-state index in [-0.39, 0.29) is 11.8 Å². The minimum Gasteiger partial charge on any atom is -0.326 e. The average molecular weight is 324 g/mol. The van der Waals surface area contributed by atoms with Gasteiger partial charge in [0.05, 0.1) is 5.92 Å². The minimum atomic E-state index is -0.419. The van der Waals surface area contributed by atoms with Crippen LogP contribution < -0.4 is 11.1 Å². The average Bonchev–Trinajstić information content (AvgIpc) is 2.55. The number of carbonyl (C=O) groups excluding carboxylic acids is 1. The third kappa shape index (κ3) is 3.62. The summed E-state index contributed by atoms with van der Waals surface area (Å²) in [6.45, 7) is 3.92. The molecular weight excluding hydrogens is 300 g/mol. The molecule has 24 heavy (non-hydrogen) atoms. The number of hydrogen-bond donors (Lipinski definition) is 2. The molecule has 1 aromatic carbocycles. The number of aryl methyl sites for hydroxylation is 1. The minimum absolute atomic E-state index is 0.0132. The van der Waals surface area contributed by atoms with Crippen LogP contribution in [0.1, 0.15) is 38.3 Å². The number of aromatic nitrogens is 2. The van der Waals surface area contributed by atoms with Gasteiger partial charge in [0, 0.05) is 28.7 Å². The summed E-state index contributed by atoms with van der Waals surface area (Å²) in [5.41, 5.74) is 8.53. The standard InChI is InChI=1S/C19H24N4O/c1-13-10-12-21-17(22-13)14-6-8-15(9-7-14)23-18(24)16-5-3-4-11-19(16,2)20/h6-10,12,16H,3-5,11,20H2,1-2H3,(H,23,24). The summed E-state index contributed by atoms with van der Waals surface area (Å²) in [4.78, 5) is 21.3. The summed E-state index contributed by atoms with van der Waals surface area (Å²) in [6, 6.07) is 9.48. The highest BCUT2D eigenvalue weighted by molar-refractivity contribution is 5.93. The molecule has 0 bridgehead atoms. The Bertz CT molecular complexity index is 724. The van der Waals surface area contributed by atoms with Gasteiger partial charge in [0.15, 0.2) is 5.82 Å². The first-order valence-electron chi connectivity index (χ1n) is 8.45. The van der Waals surface area contributed by atoms with Gasteiger partial charge in [-0.25, -0.2) is 9.97 Å². The quantitative estimate of drug-likeness (QED) is 0.907. The zero-order chi connectivity index (χ0) is 17.2. The fourth-order valence-electron chi connectivity index (χ4n) is 3.31. The highest BCUT2D eigenvalue weighted by Crippen LogP contribution is 2.32. The van der Waals surface area contributed by atoms with Crippen molar-refractivity contribution in [3.8, 4) is 11.4 Å². The van der Waals surface area contributed by atoms with Crippen molar-refractivity contribution in [3.05, 3.63) is 42.2 Å². The second-order valence-electron chi connectivity index (χ2n) is 6.89. The molecule has 1 saturated carbocycles. The van der Waals surface area contributed by atoms with E-state index >= 15 is 0 Å². The smallest absolute Gasteiger partial charge is 0.229 e. The van der Waals surface area contributed by atoms with E-state index in [1.54, 1.807) is 6.20 Å². The Morgan fingerprint density at radius 2 is 2.00 bits per heavy atom. The van der Waals surface area contributed by atoms with Crippen molar-refractivity contribution in [1.29, 1.82) is 0 Å². The predicted octanol–water partition coefficient (Wildman–Crippen LogP) is 3.30. The number of benzene rings is 1. The van der Waals surface area contributed by atoms with Gasteiger partial charge in [-0.2, -0.15) is 0 Å². The maximum Gasteiger partial charge on any atom is 0.229 e. The number of amides is 1. The summed E-state index contributed by atoms with van der Waals surface area (Å²) >= 11 is 0. The predicted molar refractivity (Wildman–Crippen MR) is 95.4 cm³/mol. The molecule has 2 aromatic rings. The lowest BCUT2D eigenvalue weighted by Crippen LogP contribution is -2.51. The molecule has 3 rings (SSSR count). The van der Waals surface area contributed by atoms with E-state index < -0.39 is 5.54 Å². The van der Waals surface area contributed by atoms with Crippen LogP contribution in [-0.2, 0) is 4.79 Å². The monoisotopic (exact) mass is 324 g/mol. The van der Waals surface area contributed by atoms with Gasteiger partial charge in [-0.3, -0.25) is 4.79 Å². The number of rotatable bonds is 3. The second kappa shape index (κ2) is 6.69. The van der Waals surface area contributed by atoms with Crippen LogP contribution in [0, 0.1) is 12.8 Å². The van der Waals surface area contributed by atoms with Gasteiger partial charge in [0.2, 0.25) is 5.91 Å². The number of anilines is 1. The van der Waals surface area contributed by atoms with Crippen molar-refractivity contribution in [2.24, 2.45) is 11.7 Å². The normalized spacial score (nSPS) is 23.7. The number of nitrogens with one attached hydrogen (secondary N) is 1. The third-order valence-electron chi connectivity index (χ3n) is 4.78. The van der Waals surface area contributed by atoms with Crippen LogP contribution in [0.4, 0.5) is 5.69 Å². The molecule has 0 radical (unpaired) electrons. The Hall–Kier alpha value is -2.27. The van der Waals surface area contributed by atoms with Crippen molar-refractivity contribution >= 4 is 11.6 Å². The lowest BCUT2D eigenvalue weighted by atomic mass is 9.74. The van der Waals surface area contributed by atoms with Gasteiger partial charge in [0.25, 0.3) is 0 Å². The number of nitrogens with zero attached hydrogens (tertiary/aromatic N) is 2. The van der Waals surface area contributed by atoms with Crippen LogP contribution in [0.3, 0.4) is 0 Å². The molecule has 0 aliphatic heterocycles. The van der Waals surface area contributed by atoms with E-state index in [4.69, 9.17) is 5.73 Å². The van der Waals surface area contributed by atoms with E-state index in [9.17, 15) is 4.79 Å². The molecule has 2 unspecified atom stereocenters. The van der Waals surface area contributed by atoms with E-state index in [2.05, 4.69) is 15.3 Å². The lowest BCUT2D eigenvalue weighted by molar-refractivity contribution is -0.122. The van der Waals surface area contributed by atoms with Crippen molar-refractivity contribution in [2.45, 2.75) is 45.1 Å². The van der Waals surface area contributed by atoms with Gasteiger partial charge in [-0.15, -0.1) is 0 Å². The molecule has 1 amide bonds. The molecule has 1 aromatic heterocycles. The molecule has 1 heterocycles. The summed E-state index contributed by atoms with van der Waals surface area (Å²) in [5, 5.41) is 3.00. The van der Waals surface area contributed by atoms with E-state index in [1.165, 1.54) is 0 Å². The fourth-order valence-corrected chi connectivity index (χ4v) is 3.31. The number of nitrogens with two attached hydrogens (primary N) is 1. The Labute approximate surface area is 142 Å². The molecule has 0 saturated heterocycles. The Morgan fingerprint density at radius 3 is 2.67 bits per heavy atom. The molecule has 2 atom stereocenters. The van der Waals surface area contributed by atoms with Crippen LogP contribution in [0.15, 0.2) is 36.5 Å². The van der Waals surface area contributed by atoms with E-state index in [0.29, 0.717) is 5.82 Å². The molecule has 5 nitrogen and oxygen atoms in total. The van der Waals surface area contributed by atoms with Crippen LogP contribution in [-0.4, -0.2) is 21.4 Å². The molecule has 1 aliphatic rings. The molecular formula is C19H24N4O. The van der Waals surface area contributed by atoms with E-state index in [0.717, 1.165) is 42.6 Å². The second-order valence-corrected chi connectivity index (χ2v) is 6.89. The summed E-state index contributed by atoms with van der Waals surface area (Å²) in [7, 11) is 0. The molecule has 1 aliphatic carbocycles. The first-order valence-corrected chi connectivity index (χ1v) is 8.45. The Morgan fingerprint density at radius 1 is 1.25 bits per heavy atom. The number of carbonyl (C=O) groups is 1. The van der Waals surface area contributed by atoms with Gasteiger partial charge in [0.1, 0.15) is 0 Å². The summed E-state index contributed by atoms with van der Waals surface area (Å²) in [5.74, 6) is 0.569. The zero-order valence-electron chi connectivity index (χ0n) is 14.2. The summed E-state index contributed by atoms with van der Waals surface area (Å²) < 4.78 is 0. The van der Waals surface area contributed by atoms with E-state index in [1.807, 2.05) is 44.2 Å². The van der Waals surface area contributed by atoms with Gasteiger partial charge >= 0.3 is 0 Å². The largest absolute Gasteiger partial charge is 0.326 e. The number of hydrogen-bond acceptors (Lipinski definition) is 4. The van der Waals surface area contributed by atoms with Crippen LogP contribution in [0.5, 0.6) is 0 Å². The van der Waals surface area contributed by atoms with Crippen molar-refractivity contribution in [2.75, 3.05) is 5.32 Å². The Kier molecular flexibility index (Phi) is 4.62. The molecule has 0 spiro atoms. The van der Waals surface area contributed by atoms with Crippen molar-refractivity contribution in [1.82, 2.24) is 9.97 Å². The maximum absolute atomic E-state index is 12.6. The van der Waals surface area contributed by atoms with Gasteiger partial charge < -0.3 is 11.1 Å². The van der Waals surface area contributed by atoms with Gasteiger partial charge in [-0.1, -0.05) is 12.8 Å².